The van der Waals surface area contributed by atoms with E-state index in [1.165, 1.54) is 0 Å². The van der Waals surface area contributed by atoms with Gasteiger partial charge in [-0.25, -0.2) is 0 Å². The van der Waals surface area contributed by atoms with E-state index in [9.17, 15) is 4.79 Å². The Balaban J connectivity index is 2.35. The van der Waals surface area contributed by atoms with E-state index in [1.807, 2.05) is 43.0 Å². The van der Waals surface area contributed by atoms with Crippen LogP contribution in [0.3, 0.4) is 0 Å². The van der Waals surface area contributed by atoms with Crippen LogP contribution in [0, 0.1) is 0 Å². The molecule has 1 aromatic carbocycles. The first-order valence-corrected chi connectivity index (χ1v) is 6.28. The smallest absolute Gasteiger partial charge is 0.236 e. The Morgan fingerprint density at radius 1 is 1.35 bits per heavy atom. The Morgan fingerprint density at radius 2 is 2.06 bits per heavy atom. The molecule has 0 aliphatic heterocycles. The molecule has 17 heavy (non-hydrogen) atoms. The van der Waals surface area contributed by atoms with Gasteiger partial charge in [-0.2, -0.15) is 0 Å². The van der Waals surface area contributed by atoms with Crippen LogP contribution >= 0.6 is 11.6 Å². The highest BCUT2D eigenvalue weighted by atomic mass is 35.5. The van der Waals surface area contributed by atoms with Crippen molar-refractivity contribution in [2.45, 2.75) is 20.4 Å². The van der Waals surface area contributed by atoms with Crippen LogP contribution in [0.1, 0.15) is 19.4 Å². The van der Waals surface area contributed by atoms with E-state index in [0.29, 0.717) is 13.1 Å². The summed E-state index contributed by atoms with van der Waals surface area (Å²) in [6.45, 7) is 6.51. The van der Waals surface area contributed by atoms with Gasteiger partial charge in [0.2, 0.25) is 5.91 Å². The zero-order valence-corrected chi connectivity index (χ0v) is 11.1. The molecule has 0 aliphatic carbocycles. The molecular formula is C13H19ClN2O. The number of carbonyl (C=O) groups excluding carboxylic acids is 1. The highest BCUT2D eigenvalue weighted by Crippen LogP contribution is 2.10. The van der Waals surface area contributed by atoms with Crippen LogP contribution in [0.2, 0.25) is 5.02 Å². The maximum atomic E-state index is 11.7. The highest BCUT2D eigenvalue weighted by molar-refractivity contribution is 6.30. The Kier molecular flexibility index (Phi) is 6.01. The molecule has 0 aromatic heterocycles. The average molecular weight is 255 g/mol. The minimum atomic E-state index is 0.136. The van der Waals surface area contributed by atoms with Crippen molar-refractivity contribution in [1.29, 1.82) is 0 Å². The lowest BCUT2D eigenvalue weighted by Crippen LogP contribution is -2.37. The zero-order valence-electron chi connectivity index (χ0n) is 10.4. The Hall–Kier alpha value is -1.06. The molecule has 94 valence electrons. The van der Waals surface area contributed by atoms with Crippen LogP contribution in [-0.2, 0) is 11.3 Å². The summed E-state index contributed by atoms with van der Waals surface area (Å²) in [5, 5.41) is 3.85. The van der Waals surface area contributed by atoms with Gasteiger partial charge in [0, 0.05) is 24.7 Å². The molecule has 0 bridgehead atoms. The summed E-state index contributed by atoms with van der Waals surface area (Å²) < 4.78 is 0. The molecule has 0 saturated heterocycles. The fraction of sp³-hybridized carbons (Fsp3) is 0.462. The lowest BCUT2D eigenvalue weighted by molar-refractivity contribution is -0.129. The molecule has 0 radical (unpaired) electrons. The molecule has 0 unspecified atom stereocenters. The molecular weight excluding hydrogens is 236 g/mol. The van der Waals surface area contributed by atoms with Gasteiger partial charge < -0.3 is 10.2 Å². The summed E-state index contributed by atoms with van der Waals surface area (Å²) in [5.41, 5.74) is 1.09. The maximum Gasteiger partial charge on any atom is 0.236 e. The van der Waals surface area contributed by atoms with Gasteiger partial charge in [-0.1, -0.05) is 23.7 Å². The minimum absolute atomic E-state index is 0.136. The summed E-state index contributed by atoms with van der Waals surface area (Å²) in [6, 6.07) is 7.63. The first-order valence-electron chi connectivity index (χ1n) is 5.90. The second-order valence-electron chi connectivity index (χ2n) is 3.80. The predicted octanol–water partition coefficient (Wildman–Crippen LogP) is 2.30. The molecule has 1 rings (SSSR count). The van der Waals surface area contributed by atoms with Gasteiger partial charge in [0.15, 0.2) is 0 Å². The van der Waals surface area contributed by atoms with E-state index >= 15 is 0 Å². The fourth-order valence-corrected chi connectivity index (χ4v) is 1.86. The van der Waals surface area contributed by atoms with Crippen molar-refractivity contribution < 1.29 is 4.79 Å². The molecule has 0 saturated carbocycles. The number of likely N-dealkylation sites (N-methyl/N-ethyl adjacent to an activating group) is 1. The number of hydrogen-bond donors (Lipinski definition) is 1. The van der Waals surface area contributed by atoms with Crippen molar-refractivity contribution in [1.82, 2.24) is 10.2 Å². The number of benzene rings is 1. The molecule has 0 aliphatic rings. The fourth-order valence-electron chi connectivity index (χ4n) is 1.65. The molecule has 0 spiro atoms. The summed E-state index contributed by atoms with van der Waals surface area (Å²) in [4.78, 5) is 13.5. The quantitative estimate of drug-likeness (QED) is 0.845. The second kappa shape index (κ2) is 7.30. The third-order valence-electron chi connectivity index (χ3n) is 2.61. The minimum Gasteiger partial charge on any atom is -0.342 e. The van der Waals surface area contributed by atoms with Gasteiger partial charge in [0.25, 0.3) is 0 Å². The average Bonchev–Trinajstić information content (AvgIpc) is 2.30. The number of amides is 1. The van der Waals surface area contributed by atoms with Crippen molar-refractivity contribution in [3.63, 3.8) is 0 Å². The monoisotopic (exact) mass is 254 g/mol. The van der Waals surface area contributed by atoms with Gasteiger partial charge in [0.05, 0.1) is 6.54 Å². The largest absolute Gasteiger partial charge is 0.342 e. The molecule has 3 nitrogen and oxygen atoms in total. The van der Waals surface area contributed by atoms with E-state index < -0.39 is 0 Å². The molecule has 0 fully saturated rings. The molecule has 4 heteroatoms. The molecule has 0 atom stereocenters. The molecule has 0 heterocycles. The van der Waals surface area contributed by atoms with Crippen LogP contribution in [0.5, 0.6) is 0 Å². The van der Waals surface area contributed by atoms with Crippen LogP contribution in [-0.4, -0.2) is 30.4 Å². The van der Waals surface area contributed by atoms with E-state index in [-0.39, 0.29) is 5.91 Å². The first-order chi connectivity index (χ1) is 8.17. The predicted molar refractivity (Wildman–Crippen MR) is 71.1 cm³/mol. The number of nitrogens with zero attached hydrogens (tertiary/aromatic N) is 1. The van der Waals surface area contributed by atoms with Crippen LogP contribution < -0.4 is 5.32 Å². The van der Waals surface area contributed by atoms with Crippen molar-refractivity contribution in [3.05, 3.63) is 34.9 Å². The molecule has 1 aromatic rings. The normalized spacial score (nSPS) is 10.3. The van der Waals surface area contributed by atoms with E-state index in [1.54, 1.807) is 0 Å². The lowest BCUT2D eigenvalue weighted by Gasteiger charge is -2.18. The van der Waals surface area contributed by atoms with Crippen molar-refractivity contribution >= 4 is 17.5 Å². The summed E-state index contributed by atoms with van der Waals surface area (Å²) in [5.74, 6) is 0.136. The van der Waals surface area contributed by atoms with Gasteiger partial charge in [-0.3, -0.25) is 4.79 Å². The van der Waals surface area contributed by atoms with E-state index in [2.05, 4.69) is 5.32 Å². The zero-order chi connectivity index (χ0) is 12.7. The Morgan fingerprint density at radius 3 is 2.65 bits per heavy atom. The van der Waals surface area contributed by atoms with Crippen LogP contribution in [0.15, 0.2) is 24.3 Å². The standard InChI is InChI=1S/C13H19ClN2O/c1-3-16(4-2)13(17)10-15-9-11-6-5-7-12(14)8-11/h5-8,15H,3-4,9-10H2,1-2H3. The maximum absolute atomic E-state index is 11.7. The number of carbonyl (C=O) groups is 1. The van der Waals surface area contributed by atoms with Gasteiger partial charge in [-0.05, 0) is 31.5 Å². The summed E-state index contributed by atoms with van der Waals surface area (Å²) >= 11 is 5.88. The molecule has 1 amide bonds. The third-order valence-corrected chi connectivity index (χ3v) is 2.85. The van der Waals surface area contributed by atoms with E-state index in [0.717, 1.165) is 23.7 Å². The number of rotatable bonds is 6. The number of hydrogen-bond acceptors (Lipinski definition) is 2. The number of halogens is 1. The van der Waals surface area contributed by atoms with E-state index in [4.69, 9.17) is 11.6 Å². The Labute approximate surface area is 108 Å². The highest BCUT2D eigenvalue weighted by Gasteiger charge is 2.08. The Bertz CT molecular complexity index is 364. The topological polar surface area (TPSA) is 32.3 Å². The SMILES string of the molecule is CCN(CC)C(=O)CNCc1cccc(Cl)c1. The number of nitrogens with one attached hydrogen (secondary N) is 1. The lowest BCUT2D eigenvalue weighted by atomic mass is 10.2. The van der Waals surface area contributed by atoms with Crippen LogP contribution in [0.25, 0.3) is 0 Å². The second-order valence-corrected chi connectivity index (χ2v) is 4.24. The van der Waals surface area contributed by atoms with Gasteiger partial charge in [-0.15, -0.1) is 0 Å². The summed E-state index contributed by atoms with van der Waals surface area (Å²) in [6.07, 6.45) is 0. The van der Waals surface area contributed by atoms with Crippen LogP contribution in [0.4, 0.5) is 0 Å². The summed E-state index contributed by atoms with van der Waals surface area (Å²) in [7, 11) is 0. The van der Waals surface area contributed by atoms with Crippen molar-refractivity contribution in [3.8, 4) is 0 Å². The van der Waals surface area contributed by atoms with Crippen molar-refractivity contribution in [2.24, 2.45) is 0 Å². The van der Waals surface area contributed by atoms with Gasteiger partial charge >= 0.3 is 0 Å². The first kappa shape index (κ1) is 14.0. The van der Waals surface area contributed by atoms with Gasteiger partial charge in [0.1, 0.15) is 0 Å². The third kappa shape index (κ3) is 4.75. The van der Waals surface area contributed by atoms with Crippen molar-refractivity contribution in [2.75, 3.05) is 19.6 Å². The molecule has 1 N–H and O–H groups in total.